The molecular weight excluding hydrogens is 206 g/mol. The molecule has 0 amide bonds. The van der Waals surface area contributed by atoms with Gasteiger partial charge in [0.1, 0.15) is 0 Å². The average molecular weight is 229 g/mol. The first-order valence-corrected chi connectivity index (χ1v) is 7.17. The third-order valence-electron chi connectivity index (χ3n) is 4.67. The van der Waals surface area contributed by atoms with Crippen molar-refractivity contribution >= 4 is 0 Å². The lowest BCUT2D eigenvalue weighted by Crippen LogP contribution is -2.28. The fourth-order valence-electron chi connectivity index (χ4n) is 3.79. The Morgan fingerprint density at radius 2 is 1.94 bits per heavy atom. The smallest absolute Gasteiger partial charge is 0.00114 e. The van der Waals surface area contributed by atoms with Gasteiger partial charge in [-0.05, 0) is 62.1 Å². The van der Waals surface area contributed by atoms with E-state index in [0.717, 1.165) is 30.6 Å². The lowest BCUT2D eigenvalue weighted by molar-refractivity contribution is 0.231. The second-order valence-corrected chi connectivity index (χ2v) is 5.67. The Balaban J connectivity index is 1.79. The van der Waals surface area contributed by atoms with E-state index in [9.17, 15) is 0 Å². The Morgan fingerprint density at radius 1 is 1.00 bits per heavy atom. The molecule has 0 spiro atoms. The Kier molecular flexibility index (Phi) is 3.46. The summed E-state index contributed by atoms with van der Waals surface area (Å²) < 4.78 is 0. The van der Waals surface area contributed by atoms with Crippen molar-refractivity contribution in [3.05, 3.63) is 36.0 Å². The molecule has 0 aromatic rings. The van der Waals surface area contributed by atoms with Gasteiger partial charge < -0.3 is 5.32 Å². The van der Waals surface area contributed by atoms with E-state index in [1.54, 1.807) is 5.57 Å². The Bertz CT molecular complexity index is 351. The zero-order chi connectivity index (χ0) is 11.5. The van der Waals surface area contributed by atoms with Gasteiger partial charge in [-0.15, -0.1) is 0 Å². The fourth-order valence-corrected chi connectivity index (χ4v) is 3.79. The van der Waals surface area contributed by atoms with E-state index in [4.69, 9.17) is 0 Å². The number of rotatable bonds is 1. The standard InChI is InChI=1S/C16H23N/c1-2-4-7-13(8-5-3-1)15-10-6-9-14-11-17-12-16(14)15/h1-2,5,7-8,14-17H,3-4,6,9-12H2/b2-1?,8-5-,13-7+/t14-,15-,16-/m1/s1. The number of allylic oxidation sites excluding steroid dienone is 6. The van der Waals surface area contributed by atoms with E-state index in [2.05, 4.69) is 35.7 Å². The monoisotopic (exact) mass is 229 g/mol. The quantitative estimate of drug-likeness (QED) is 0.679. The van der Waals surface area contributed by atoms with Crippen LogP contribution >= 0.6 is 0 Å². The van der Waals surface area contributed by atoms with Crippen molar-refractivity contribution in [1.82, 2.24) is 5.32 Å². The number of fused-ring (bicyclic) bond motifs is 1. The van der Waals surface area contributed by atoms with Crippen molar-refractivity contribution in [2.45, 2.75) is 32.1 Å². The second kappa shape index (κ2) is 5.22. The van der Waals surface area contributed by atoms with Crippen LogP contribution < -0.4 is 5.32 Å². The summed E-state index contributed by atoms with van der Waals surface area (Å²) in [5.41, 5.74) is 1.62. The molecule has 0 aromatic heterocycles. The van der Waals surface area contributed by atoms with E-state index in [0.29, 0.717) is 0 Å². The highest BCUT2D eigenvalue weighted by Crippen LogP contribution is 2.41. The molecule has 1 saturated heterocycles. The molecule has 2 fully saturated rings. The molecule has 0 bridgehead atoms. The zero-order valence-electron chi connectivity index (χ0n) is 10.6. The SMILES string of the molecule is C1=CC/C=C([C@H]2CCC[C@@H]3CNC[C@H]32)\C=C/C1. The lowest BCUT2D eigenvalue weighted by Gasteiger charge is -2.34. The molecule has 0 unspecified atom stereocenters. The normalized spacial score (nSPS) is 42.1. The van der Waals surface area contributed by atoms with E-state index in [1.165, 1.54) is 32.4 Å². The van der Waals surface area contributed by atoms with Crippen LogP contribution in [-0.4, -0.2) is 13.1 Å². The molecule has 3 atom stereocenters. The Labute approximate surface area is 105 Å². The molecule has 17 heavy (non-hydrogen) atoms. The summed E-state index contributed by atoms with van der Waals surface area (Å²) in [6.07, 6.45) is 18.3. The van der Waals surface area contributed by atoms with Gasteiger partial charge in [0, 0.05) is 0 Å². The van der Waals surface area contributed by atoms with E-state index in [1.807, 2.05) is 0 Å². The van der Waals surface area contributed by atoms with Gasteiger partial charge in [-0.25, -0.2) is 0 Å². The molecule has 3 aliphatic rings. The Morgan fingerprint density at radius 3 is 2.94 bits per heavy atom. The second-order valence-electron chi connectivity index (χ2n) is 5.67. The third kappa shape index (κ3) is 2.40. The number of hydrogen-bond donors (Lipinski definition) is 1. The van der Waals surface area contributed by atoms with Gasteiger partial charge in [0.25, 0.3) is 0 Å². The first kappa shape index (κ1) is 11.3. The molecule has 0 radical (unpaired) electrons. The van der Waals surface area contributed by atoms with Crippen LogP contribution in [0.2, 0.25) is 0 Å². The molecule has 92 valence electrons. The summed E-state index contributed by atoms with van der Waals surface area (Å²) in [6.45, 7) is 2.51. The highest BCUT2D eigenvalue weighted by Gasteiger charge is 2.37. The van der Waals surface area contributed by atoms with Crippen LogP contribution in [0, 0.1) is 17.8 Å². The molecule has 1 N–H and O–H groups in total. The summed E-state index contributed by atoms with van der Waals surface area (Å²) >= 11 is 0. The first-order valence-electron chi connectivity index (χ1n) is 7.17. The summed E-state index contributed by atoms with van der Waals surface area (Å²) in [5, 5.41) is 3.60. The maximum absolute atomic E-state index is 3.60. The molecule has 2 aliphatic carbocycles. The van der Waals surface area contributed by atoms with Gasteiger partial charge in [0.05, 0.1) is 0 Å². The number of hydrogen-bond acceptors (Lipinski definition) is 1. The van der Waals surface area contributed by atoms with Crippen LogP contribution in [0.15, 0.2) is 36.0 Å². The van der Waals surface area contributed by atoms with Crippen LogP contribution in [-0.2, 0) is 0 Å². The largest absolute Gasteiger partial charge is 0.316 e. The molecule has 1 heterocycles. The topological polar surface area (TPSA) is 12.0 Å². The minimum Gasteiger partial charge on any atom is -0.316 e. The van der Waals surface area contributed by atoms with E-state index >= 15 is 0 Å². The van der Waals surface area contributed by atoms with Crippen molar-refractivity contribution in [2.75, 3.05) is 13.1 Å². The van der Waals surface area contributed by atoms with Gasteiger partial charge in [-0.2, -0.15) is 0 Å². The highest BCUT2D eigenvalue weighted by molar-refractivity contribution is 5.26. The minimum atomic E-state index is 0.825. The van der Waals surface area contributed by atoms with Crippen LogP contribution in [0.5, 0.6) is 0 Å². The predicted molar refractivity (Wildman–Crippen MR) is 72.8 cm³/mol. The van der Waals surface area contributed by atoms with Gasteiger partial charge >= 0.3 is 0 Å². The lowest BCUT2D eigenvalue weighted by atomic mass is 9.70. The predicted octanol–water partition coefficient (Wildman–Crippen LogP) is 3.45. The Hall–Kier alpha value is -0.820. The highest BCUT2D eigenvalue weighted by atomic mass is 14.9. The van der Waals surface area contributed by atoms with Crippen molar-refractivity contribution < 1.29 is 0 Å². The number of nitrogens with one attached hydrogen (secondary N) is 1. The van der Waals surface area contributed by atoms with Crippen molar-refractivity contribution in [2.24, 2.45) is 17.8 Å². The summed E-state index contributed by atoms with van der Waals surface area (Å²) in [4.78, 5) is 0. The molecule has 1 heteroatoms. The minimum absolute atomic E-state index is 0.825. The van der Waals surface area contributed by atoms with Crippen LogP contribution in [0.4, 0.5) is 0 Å². The zero-order valence-corrected chi connectivity index (χ0v) is 10.6. The summed E-state index contributed by atoms with van der Waals surface area (Å²) in [5.74, 6) is 2.68. The van der Waals surface area contributed by atoms with Gasteiger partial charge in [-0.3, -0.25) is 0 Å². The van der Waals surface area contributed by atoms with Crippen molar-refractivity contribution in [1.29, 1.82) is 0 Å². The van der Waals surface area contributed by atoms with Crippen LogP contribution in [0.1, 0.15) is 32.1 Å². The summed E-state index contributed by atoms with van der Waals surface area (Å²) in [6, 6.07) is 0. The molecule has 1 aliphatic heterocycles. The van der Waals surface area contributed by atoms with E-state index < -0.39 is 0 Å². The van der Waals surface area contributed by atoms with Crippen LogP contribution in [0.3, 0.4) is 0 Å². The first-order chi connectivity index (χ1) is 8.45. The van der Waals surface area contributed by atoms with Crippen molar-refractivity contribution in [3.63, 3.8) is 0 Å². The maximum Gasteiger partial charge on any atom is -0.00114 e. The fraction of sp³-hybridized carbons (Fsp3) is 0.625. The van der Waals surface area contributed by atoms with Gasteiger partial charge in [0.2, 0.25) is 0 Å². The molecule has 1 nitrogen and oxygen atoms in total. The molecular formula is C16H23N. The van der Waals surface area contributed by atoms with Gasteiger partial charge in [0.15, 0.2) is 0 Å². The molecule has 1 saturated carbocycles. The molecule has 3 rings (SSSR count). The molecule has 0 aromatic carbocycles. The van der Waals surface area contributed by atoms with Gasteiger partial charge in [-0.1, -0.05) is 36.8 Å². The average Bonchev–Trinajstić information content (AvgIpc) is 2.76. The summed E-state index contributed by atoms with van der Waals surface area (Å²) in [7, 11) is 0. The maximum atomic E-state index is 3.60. The van der Waals surface area contributed by atoms with Crippen molar-refractivity contribution in [3.8, 4) is 0 Å². The third-order valence-corrected chi connectivity index (χ3v) is 4.67. The van der Waals surface area contributed by atoms with E-state index in [-0.39, 0.29) is 0 Å². The van der Waals surface area contributed by atoms with Crippen LogP contribution in [0.25, 0.3) is 0 Å².